The number of amides is 2. The number of carbonyl (C=O) groups excluding carboxylic acids is 3. The van der Waals surface area contributed by atoms with Crippen molar-refractivity contribution in [1.29, 1.82) is 0 Å². The first-order valence-electron chi connectivity index (χ1n) is 21.5. The standard InChI is InChI=1S/C44H73N5O9S2.H2O.Zn/c1-15-37(60(13,14,49(11)12)18-16-17-59(53,54)55)43(51)48-42-38(44(52)57-39-27(4)19-25(2)20-28(39)5)32(9)36(47-42)23-35-31(8)34(41(46-35)45-33(10)50)24-56-58-40-29(6)21-26(3)22-30(40)7;;/h23,25-30,37,39-40H,15-22,24H2,1-14H3,(H3-,45,46,47,48,50,51,52,53,54,55);1H2;/p-1. The van der Waals surface area contributed by atoms with Crippen LogP contribution in [0, 0.1) is 42.4 Å². The fourth-order valence-electron chi connectivity index (χ4n) is 10.0. The molecule has 0 spiro atoms. The van der Waals surface area contributed by atoms with E-state index in [1.54, 1.807) is 13.0 Å². The van der Waals surface area contributed by atoms with Crippen LogP contribution in [0.2, 0.25) is 0 Å². The second-order valence-corrected chi connectivity index (χ2v) is 26.8. The Bertz CT molecular complexity index is 2060. The number of anilines is 1. The Kier molecular flexibility index (Phi) is 19.8. The summed E-state index contributed by atoms with van der Waals surface area (Å²) < 4.78 is 43.0. The van der Waals surface area contributed by atoms with Gasteiger partial charge in [0, 0.05) is 43.5 Å². The van der Waals surface area contributed by atoms with Crippen LogP contribution in [0.4, 0.5) is 5.82 Å². The topological polar surface area (TPSA) is 221 Å². The van der Waals surface area contributed by atoms with Gasteiger partial charge in [0.1, 0.15) is 49.4 Å². The zero-order chi connectivity index (χ0) is 45.1. The van der Waals surface area contributed by atoms with Crippen LogP contribution >= 0.6 is 0 Å². The maximum Gasteiger partial charge on any atom is 0.342 e. The monoisotopic (exact) mass is 960 g/mol. The Morgan fingerprint density at radius 1 is 0.952 bits per heavy atom. The number of nitrogens with one attached hydrogen (secondary N) is 2. The molecule has 2 aliphatic carbocycles. The molecule has 350 valence electrons. The molecule has 5 atom stereocenters. The van der Waals surface area contributed by atoms with Gasteiger partial charge in [-0.05, 0) is 123 Å². The minimum atomic E-state index is -4.45. The number of amidine groups is 1. The summed E-state index contributed by atoms with van der Waals surface area (Å²) in [6, 6.07) is 0. The normalized spacial score (nSPS) is 27.2. The second kappa shape index (κ2) is 22.1. The number of ether oxygens (including phenoxy) is 1. The van der Waals surface area contributed by atoms with E-state index in [4.69, 9.17) is 24.5 Å². The van der Waals surface area contributed by atoms with E-state index in [-0.39, 0.29) is 85.2 Å². The molecule has 15 nitrogen and oxygen atoms in total. The van der Waals surface area contributed by atoms with Crippen molar-refractivity contribution in [2.75, 3.05) is 43.4 Å². The molecule has 2 heterocycles. The molecule has 4 rings (SSSR count). The SMILES string of the molecule is CCC(C(=O)NC1=N/C(=C\c2[n-]c(NC(C)=O)c(COOC3C(C)CC(C)CC3C)c2C)C(C)=C1C(=O)OC1C(C)CC(C)CC1C)S(C)(C)(CCCS(=O)(=O)[O-])=[N+](C)C.O.[Zn]. The molecule has 2 amide bonds. The van der Waals surface area contributed by atoms with E-state index in [2.05, 4.69) is 52.2 Å². The molecule has 0 aromatic carbocycles. The molecule has 18 heteroatoms. The van der Waals surface area contributed by atoms with Gasteiger partial charge in [0.15, 0.2) is 0 Å². The number of rotatable bonds is 15. The van der Waals surface area contributed by atoms with Crippen LogP contribution in [0.1, 0.15) is 118 Å². The first kappa shape index (κ1) is 55.5. The predicted octanol–water partition coefficient (Wildman–Crippen LogP) is 5.52. The van der Waals surface area contributed by atoms with Crippen molar-refractivity contribution in [3.63, 3.8) is 0 Å². The third-order valence-electron chi connectivity index (χ3n) is 13.5. The van der Waals surface area contributed by atoms with Crippen LogP contribution in [0.15, 0.2) is 21.8 Å². The molecule has 4 N–H and O–H groups in total. The Hall–Kier alpha value is -2.60. The van der Waals surface area contributed by atoms with Crippen molar-refractivity contribution < 1.29 is 70.8 Å². The van der Waals surface area contributed by atoms with Gasteiger partial charge < -0.3 is 30.4 Å². The first-order chi connectivity index (χ1) is 27.8. The molecule has 3 aliphatic rings. The van der Waals surface area contributed by atoms with Gasteiger partial charge in [0.25, 0.3) is 0 Å². The average molecular weight is 963 g/mol. The van der Waals surface area contributed by atoms with Crippen LogP contribution in [0.25, 0.3) is 6.08 Å². The van der Waals surface area contributed by atoms with Crippen LogP contribution in [-0.2, 0) is 74.1 Å². The van der Waals surface area contributed by atoms with E-state index in [9.17, 15) is 27.4 Å². The maximum atomic E-state index is 14.5. The Morgan fingerprint density at radius 2 is 1.48 bits per heavy atom. The fourth-order valence-corrected chi connectivity index (χ4v) is 14.7. The molecule has 2 saturated carbocycles. The largest absolute Gasteiger partial charge is 0.748 e. The van der Waals surface area contributed by atoms with Crippen LogP contribution in [0.3, 0.4) is 0 Å². The van der Waals surface area contributed by atoms with Gasteiger partial charge in [-0.1, -0.05) is 63.2 Å². The minimum absolute atomic E-state index is 0. The molecule has 0 bridgehead atoms. The number of allylic oxidation sites excluding steroid dienone is 1. The van der Waals surface area contributed by atoms with E-state index in [0.29, 0.717) is 64.2 Å². The number of hydrogen-bond donors (Lipinski definition) is 2. The Labute approximate surface area is 383 Å². The molecule has 1 aliphatic heterocycles. The van der Waals surface area contributed by atoms with Gasteiger partial charge in [0.05, 0.1) is 21.9 Å². The molecular formula is C44H74N5O10S2Zn-. The van der Waals surface area contributed by atoms with Gasteiger partial charge in [0.2, 0.25) is 5.91 Å². The minimum Gasteiger partial charge on any atom is -0.748 e. The summed E-state index contributed by atoms with van der Waals surface area (Å²) in [6.07, 6.45) is 9.79. The van der Waals surface area contributed by atoms with Crippen molar-refractivity contribution in [3.05, 3.63) is 33.7 Å². The summed E-state index contributed by atoms with van der Waals surface area (Å²) in [4.78, 5) is 62.8. The molecule has 62 heavy (non-hydrogen) atoms. The third kappa shape index (κ3) is 13.0. The zero-order valence-electron chi connectivity index (χ0n) is 39.7. The summed E-state index contributed by atoms with van der Waals surface area (Å²) in [5.41, 5.74) is 2.88. The molecule has 0 saturated heterocycles. The van der Waals surface area contributed by atoms with Crippen molar-refractivity contribution in [3.8, 4) is 0 Å². The predicted molar refractivity (Wildman–Crippen MR) is 241 cm³/mol. The van der Waals surface area contributed by atoms with E-state index in [1.807, 2.05) is 44.4 Å². The number of hydrogen-bond acceptors (Lipinski definition) is 10. The summed E-state index contributed by atoms with van der Waals surface area (Å²) in [7, 11) is -3.61. The maximum absolute atomic E-state index is 14.5. The van der Waals surface area contributed by atoms with Gasteiger partial charge in [-0.15, -0.1) is 0 Å². The second-order valence-electron chi connectivity index (χ2n) is 19.1. The zero-order valence-corrected chi connectivity index (χ0v) is 44.3. The van der Waals surface area contributed by atoms with Crippen LogP contribution in [-0.4, -0.2) is 102 Å². The van der Waals surface area contributed by atoms with Gasteiger partial charge in [-0.25, -0.2) is 31.9 Å². The third-order valence-corrected chi connectivity index (χ3v) is 20.5. The number of esters is 1. The number of aromatic nitrogens is 1. The van der Waals surface area contributed by atoms with Crippen molar-refractivity contribution >= 4 is 54.6 Å². The number of carbonyl (C=O) groups is 3. The first-order valence-corrected chi connectivity index (χ1v) is 26.1. The van der Waals surface area contributed by atoms with E-state index < -0.39 is 36.0 Å². The van der Waals surface area contributed by atoms with Crippen molar-refractivity contribution in [2.24, 2.45) is 40.5 Å². The van der Waals surface area contributed by atoms with Gasteiger partial charge >= 0.3 is 5.97 Å². The summed E-state index contributed by atoms with van der Waals surface area (Å²) in [6.45, 7) is 20.0. The molecule has 2 fully saturated rings. The van der Waals surface area contributed by atoms with Gasteiger partial charge in [-0.2, -0.15) is 0 Å². The Balaban J connectivity index is 0.00000661. The number of aliphatic imine (C=N–C) groups is 1. The van der Waals surface area contributed by atoms with Crippen LogP contribution in [0.5, 0.6) is 0 Å². The number of nitrogens with zero attached hydrogens (tertiary/aromatic N) is 3. The summed E-state index contributed by atoms with van der Waals surface area (Å²) >= 11 is 0. The van der Waals surface area contributed by atoms with Crippen molar-refractivity contribution in [2.45, 2.75) is 132 Å². The molecule has 1 aromatic heterocycles. The molecule has 1 aromatic rings. The van der Waals surface area contributed by atoms with Crippen molar-refractivity contribution in [1.82, 2.24) is 10.3 Å². The summed E-state index contributed by atoms with van der Waals surface area (Å²) in [5, 5.41) is 5.22. The van der Waals surface area contributed by atoms with E-state index in [0.717, 1.165) is 31.2 Å². The average Bonchev–Trinajstić information content (AvgIpc) is 3.56. The van der Waals surface area contributed by atoms with E-state index in [1.165, 1.54) is 6.92 Å². The molecular weight excluding hydrogens is 888 g/mol. The van der Waals surface area contributed by atoms with Crippen LogP contribution < -0.4 is 15.6 Å². The summed E-state index contributed by atoms with van der Waals surface area (Å²) in [5.74, 6) is 0.975. The smallest absolute Gasteiger partial charge is 0.342 e. The quantitative estimate of drug-likeness (QED) is 0.0560. The molecule has 0 radical (unpaired) electrons. The van der Waals surface area contributed by atoms with E-state index >= 15 is 0 Å². The molecule has 5 unspecified atom stereocenters. The fraction of sp³-hybridized carbons (Fsp3) is 0.727. The Morgan fingerprint density at radius 3 is 1.97 bits per heavy atom. The van der Waals surface area contributed by atoms with Gasteiger partial charge in [-0.3, -0.25) is 9.59 Å².